The Morgan fingerprint density at radius 3 is 2.44 bits per heavy atom. The van der Waals surface area contributed by atoms with Gasteiger partial charge in [-0.25, -0.2) is 0 Å². The second kappa shape index (κ2) is 1.89. The summed E-state index contributed by atoms with van der Waals surface area (Å²) in [7, 11) is 0. The van der Waals surface area contributed by atoms with Crippen molar-refractivity contribution in [2.24, 2.45) is 5.10 Å². The maximum Gasteiger partial charge on any atom is 0.411 e. The first-order valence-electron chi connectivity index (χ1n) is 2.20. The zero-order valence-corrected chi connectivity index (χ0v) is 4.24. The van der Waals surface area contributed by atoms with Gasteiger partial charge in [0.1, 0.15) is 0 Å². The SMILES string of the molecule is FC(F)(F)C1[C]C=NN1. The molecule has 1 aliphatic rings. The van der Waals surface area contributed by atoms with E-state index in [9.17, 15) is 13.2 Å². The van der Waals surface area contributed by atoms with Gasteiger partial charge in [-0.1, -0.05) is 0 Å². The topological polar surface area (TPSA) is 24.4 Å². The van der Waals surface area contributed by atoms with E-state index < -0.39 is 12.2 Å². The molecule has 0 aromatic rings. The minimum atomic E-state index is -4.27. The Morgan fingerprint density at radius 1 is 1.56 bits per heavy atom. The van der Waals surface area contributed by atoms with Crippen LogP contribution in [0.2, 0.25) is 0 Å². The maximum absolute atomic E-state index is 11.6. The molecular weight excluding hydrogens is 133 g/mol. The van der Waals surface area contributed by atoms with Crippen molar-refractivity contribution in [3.63, 3.8) is 0 Å². The van der Waals surface area contributed by atoms with Gasteiger partial charge in [0.05, 0.1) is 6.42 Å². The second-order valence-electron chi connectivity index (χ2n) is 1.53. The van der Waals surface area contributed by atoms with Gasteiger partial charge in [0, 0.05) is 6.21 Å². The summed E-state index contributed by atoms with van der Waals surface area (Å²) in [4.78, 5) is 0. The minimum Gasteiger partial charge on any atom is -0.297 e. The van der Waals surface area contributed by atoms with Gasteiger partial charge in [-0.2, -0.15) is 18.3 Å². The third kappa shape index (κ3) is 1.34. The van der Waals surface area contributed by atoms with Gasteiger partial charge < -0.3 is 0 Å². The summed E-state index contributed by atoms with van der Waals surface area (Å²) in [6, 6.07) is -1.71. The summed E-state index contributed by atoms with van der Waals surface area (Å²) >= 11 is 0. The Morgan fingerprint density at radius 2 is 2.22 bits per heavy atom. The Balaban J connectivity index is 2.46. The summed E-state index contributed by atoms with van der Waals surface area (Å²) in [6.45, 7) is 0. The van der Waals surface area contributed by atoms with Crippen LogP contribution in [-0.4, -0.2) is 18.4 Å². The number of nitrogens with zero attached hydrogens (tertiary/aromatic N) is 1. The van der Waals surface area contributed by atoms with Crippen LogP contribution in [0, 0.1) is 6.42 Å². The van der Waals surface area contributed by atoms with Crippen molar-refractivity contribution in [2.45, 2.75) is 12.2 Å². The average molecular weight is 136 g/mol. The summed E-state index contributed by atoms with van der Waals surface area (Å²) in [6.07, 6.45) is -1.33. The highest BCUT2D eigenvalue weighted by atomic mass is 19.4. The lowest BCUT2D eigenvalue weighted by molar-refractivity contribution is -0.145. The van der Waals surface area contributed by atoms with E-state index in [0.717, 1.165) is 6.21 Å². The third-order valence-electron chi connectivity index (χ3n) is 0.837. The predicted octanol–water partition coefficient (Wildman–Crippen LogP) is 0.588. The molecule has 1 rings (SSSR count). The molecule has 0 bridgehead atoms. The highest BCUT2D eigenvalue weighted by molar-refractivity contribution is 5.70. The van der Waals surface area contributed by atoms with Gasteiger partial charge in [0.25, 0.3) is 0 Å². The molecule has 1 aliphatic heterocycles. The molecule has 2 nitrogen and oxygen atoms in total. The average Bonchev–Trinajstić information content (AvgIpc) is 2.08. The molecule has 1 heterocycles. The highest BCUT2D eigenvalue weighted by Gasteiger charge is 2.41. The smallest absolute Gasteiger partial charge is 0.297 e. The number of alkyl halides is 3. The van der Waals surface area contributed by atoms with E-state index in [-0.39, 0.29) is 0 Å². The van der Waals surface area contributed by atoms with Crippen LogP contribution >= 0.6 is 0 Å². The molecule has 0 spiro atoms. The molecule has 0 fully saturated rings. The molecule has 0 amide bonds. The second-order valence-corrected chi connectivity index (χ2v) is 1.53. The first-order chi connectivity index (χ1) is 4.11. The van der Waals surface area contributed by atoms with Gasteiger partial charge in [0.15, 0.2) is 6.04 Å². The maximum atomic E-state index is 11.6. The van der Waals surface area contributed by atoms with Crippen LogP contribution in [-0.2, 0) is 0 Å². The zero-order chi connectivity index (χ0) is 6.91. The zero-order valence-electron chi connectivity index (χ0n) is 4.24. The fraction of sp³-hybridized carbons (Fsp3) is 0.500. The van der Waals surface area contributed by atoms with Crippen molar-refractivity contribution in [1.82, 2.24) is 5.43 Å². The van der Waals surface area contributed by atoms with Crippen LogP contribution in [0.25, 0.3) is 0 Å². The third-order valence-corrected chi connectivity index (χ3v) is 0.837. The molecule has 2 radical (unpaired) electrons. The Labute approximate surface area is 49.7 Å². The van der Waals surface area contributed by atoms with Gasteiger partial charge in [-0.05, 0) is 0 Å². The van der Waals surface area contributed by atoms with Crippen LogP contribution in [0.5, 0.6) is 0 Å². The van der Waals surface area contributed by atoms with Crippen molar-refractivity contribution in [1.29, 1.82) is 0 Å². The molecule has 0 aliphatic carbocycles. The van der Waals surface area contributed by atoms with E-state index >= 15 is 0 Å². The number of rotatable bonds is 0. The van der Waals surface area contributed by atoms with Crippen LogP contribution in [0.4, 0.5) is 13.2 Å². The molecule has 0 aromatic carbocycles. The number of hydrogen-bond acceptors (Lipinski definition) is 2. The van der Waals surface area contributed by atoms with Crippen LogP contribution in [0.3, 0.4) is 0 Å². The van der Waals surface area contributed by atoms with Crippen LogP contribution < -0.4 is 5.43 Å². The Hall–Kier alpha value is -0.740. The molecule has 5 heteroatoms. The number of nitrogens with one attached hydrogen (secondary N) is 1. The standard InChI is InChI=1S/C4H3F3N2/c5-4(6,7)3-1-2-8-9-3/h2-3,9H. The molecular formula is C4H3F3N2. The molecule has 9 heavy (non-hydrogen) atoms. The van der Waals surface area contributed by atoms with E-state index in [2.05, 4.69) is 5.10 Å². The number of halogens is 3. The minimum absolute atomic E-state index is 0.970. The fourth-order valence-electron chi connectivity index (χ4n) is 0.429. The largest absolute Gasteiger partial charge is 0.411 e. The van der Waals surface area contributed by atoms with Crippen molar-refractivity contribution in [2.75, 3.05) is 0 Å². The van der Waals surface area contributed by atoms with E-state index in [0.29, 0.717) is 0 Å². The first-order valence-corrected chi connectivity index (χ1v) is 2.20. The monoisotopic (exact) mass is 136 g/mol. The summed E-state index contributed by atoms with van der Waals surface area (Å²) in [5, 5.41) is 3.13. The molecule has 0 aromatic heterocycles. The van der Waals surface area contributed by atoms with E-state index in [1.54, 1.807) is 0 Å². The fourth-order valence-corrected chi connectivity index (χ4v) is 0.429. The molecule has 1 atom stereocenters. The van der Waals surface area contributed by atoms with E-state index in [4.69, 9.17) is 0 Å². The quantitative estimate of drug-likeness (QED) is 0.517. The molecule has 50 valence electrons. The van der Waals surface area contributed by atoms with Gasteiger partial charge in [-0.15, -0.1) is 0 Å². The van der Waals surface area contributed by atoms with Crippen molar-refractivity contribution >= 4 is 6.21 Å². The van der Waals surface area contributed by atoms with Crippen LogP contribution in [0.1, 0.15) is 0 Å². The lowest BCUT2D eigenvalue weighted by Crippen LogP contribution is -2.36. The lowest BCUT2D eigenvalue weighted by Gasteiger charge is -2.11. The Kier molecular flexibility index (Phi) is 1.34. The molecule has 0 saturated carbocycles. The van der Waals surface area contributed by atoms with Crippen LogP contribution in [0.15, 0.2) is 5.10 Å². The number of hydrogen-bond donors (Lipinski definition) is 1. The van der Waals surface area contributed by atoms with E-state index in [1.165, 1.54) is 0 Å². The predicted molar refractivity (Wildman–Crippen MR) is 24.7 cm³/mol. The summed E-state index contributed by atoms with van der Waals surface area (Å²) < 4.78 is 34.7. The normalized spacial score (nSPS) is 26.3. The number of hydrazone groups is 1. The first kappa shape index (κ1) is 6.38. The van der Waals surface area contributed by atoms with Gasteiger partial charge >= 0.3 is 6.18 Å². The molecule has 0 saturated heterocycles. The molecule has 1 N–H and O–H groups in total. The van der Waals surface area contributed by atoms with Crippen molar-refractivity contribution < 1.29 is 13.2 Å². The lowest BCUT2D eigenvalue weighted by atomic mass is 10.2. The summed E-state index contributed by atoms with van der Waals surface area (Å²) in [5.41, 5.74) is 1.83. The van der Waals surface area contributed by atoms with Gasteiger partial charge in [0.2, 0.25) is 0 Å². The summed E-state index contributed by atoms with van der Waals surface area (Å²) in [5.74, 6) is 0. The Bertz CT molecular complexity index is 120. The molecule has 1 unspecified atom stereocenters. The van der Waals surface area contributed by atoms with Gasteiger partial charge in [-0.3, -0.25) is 5.43 Å². The van der Waals surface area contributed by atoms with Crippen molar-refractivity contribution in [3.8, 4) is 0 Å². The van der Waals surface area contributed by atoms with Crippen molar-refractivity contribution in [3.05, 3.63) is 6.42 Å². The highest BCUT2D eigenvalue weighted by Crippen LogP contribution is 2.22. The van der Waals surface area contributed by atoms with E-state index in [1.807, 2.05) is 11.8 Å².